The van der Waals surface area contributed by atoms with Crippen LogP contribution in [0.25, 0.3) is 10.9 Å². The third-order valence-corrected chi connectivity index (χ3v) is 3.50. The van der Waals surface area contributed by atoms with E-state index in [0.717, 1.165) is 16.5 Å². The van der Waals surface area contributed by atoms with Crippen molar-refractivity contribution >= 4 is 28.7 Å². The van der Waals surface area contributed by atoms with Gasteiger partial charge in [-0.15, -0.1) is 0 Å². The first-order chi connectivity index (χ1) is 11.5. The van der Waals surface area contributed by atoms with Gasteiger partial charge in [-0.05, 0) is 18.6 Å². The van der Waals surface area contributed by atoms with E-state index in [1.165, 1.54) is 6.92 Å². The van der Waals surface area contributed by atoms with Crippen LogP contribution in [0, 0.1) is 0 Å². The second-order valence-corrected chi connectivity index (χ2v) is 5.35. The van der Waals surface area contributed by atoms with Gasteiger partial charge in [0.05, 0.1) is 13.2 Å². The van der Waals surface area contributed by atoms with E-state index in [1.807, 2.05) is 30.5 Å². The molecule has 2 aromatic rings. The molecule has 7 heteroatoms. The van der Waals surface area contributed by atoms with Gasteiger partial charge in [-0.25, -0.2) is 4.79 Å². The fraction of sp³-hybridized carbons (Fsp3) is 0.353. The summed E-state index contributed by atoms with van der Waals surface area (Å²) in [6.07, 6.45) is 2.12. The maximum Gasteiger partial charge on any atom is 0.328 e. The smallest absolute Gasteiger partial charge is 0.328 e. The minimum Gasteiger partial charge on any atom is -0.464 e. The maximum atomic E-state index is 12.1. The summed E-state index contributed by atoms with van der Waals surface area (Å²) >= 11 is 0. The number of aromatic nitrogens is 1. The van der Waals surface area contributed by atoms with Crippen molar-refractivity contribution in [2.45, 2.75) is 26.3 Å². The number of hydrogen-bond acceptors (Lipinski definition) is 4. The highest BCUT2D eigenvalue weighted by molar-refractivity contribution is 5.89. The Kier molecular flexibility index (Phi) is 5.95. The van der Waals surface area contributed by atoms with Crippen molar-refractivity contribution in [3.63, 3.8) is 0 Å². The molecule has 3 N–H and O–H groups in total. The van der Waals surface area contributed by atoms with Gasteiger partial charge in [0.15, 0.2) is 0 Å². The van der Waals surface area contributed by atoms with Crippen LogP contribution in [0.3, 0.4) is 0 Å². The van der Waals surface area contributed by atoms with Gasteiger partial charge in [-0.1, -0.05) is 18.2 Å². The van der Waals surface area contributed by atoms with Crippen molar-refractivity contribution in [1.82, 2.24) is 15.6 Å². The van der Waals surface area contributed by atoms with E-state index >= 15 is 0 Å². The molecule has 7 nitrogen and oxygen atoms in total. The fourth-order valence-electron chi connectivity index (χ4n) is 2.41. The molecule has 0 saturated carbocycles. The number of carbonyl (C=O) groups excluding carboxylic acids is 3. The van der Waals surface area contributed by atoms with Gasteiger partial charge in [-0.3, -0.25) is 9.59 Å². The number of benzene rings is 1. The zero-order chi connectivity index (χ0) is 17.5. The summed E-state index contributed by atoms with van der Waals surface area (Å²) in [4.78, 5) is 38.1. The van der Waals surface area contributed by atoms with Gasteiger partial charge in [0.2, 0.25) is 11.8 Å². The first-order valence-corrected chi connectivity index (χ1v) is 7.76. The van der Waals surface area contributed by atoms with Crippen LogP contribution in [-0.2, 0) is 25.5 Å². The zero-order valence-corrected chi connectivity index (χ0v) is 13.7. The predicted octanol–water partition coefficient (Wildman–Crippen LogP) is 0.894. The first kappa shape index (κ1) is 17.5. The molecular weight excluding hydrogens is 310 g/mol. The number of carbonyl (C=O) groups is 3. The number of esters is 1. The average molecular weight is 331 g/mol. The first-order valence-electron chi connectivity index (χ1n) is 7.76. The van der Waals surface area contributed by atoms with Gasteiger partial charge in [-0.2, -0.15) is 0 Å². The Morgan fingerprint density at radius 2 is 2.00 bits per heavy atom. The molecule has 1 heterocycles. The molecule has 1 aromatic heterocycles. The van der Waals surface area contributed by atoms with Gasteiger partial charge < -0.3 is 20.4 Å². The summed E-state index contributed by atoms with van der Waals surface area (Å²) in [5, 5.41) is 6.01. The number of hydrogen-bond donors (Lipinski definition) is 3. The van der Waals surface area contributed by atoms with Gasteiger partial charge >= 0.3 is 5.97 Å². The Bertz CT molecular complexity index is 738. The normalized spacial score (nSPS) is 11.8. The van der Waals surface area contributed by atoms with Crippen molar-refractivity contribution < 1.29 is 19.1 Å². The molecule has 0 aliphatic heterocycles. The van der Waals surface area contributed by atoms with Gasteiger partial charge in [0, 0.05) is 30.4 Å². The molecular formula is C17H21N3O4. The Morgan fingerprint density at radius 1 is 1.25 bits per heavy atom. The molecule has 0 aliphatic carbocycles. The summed E-state index contributed by atoms with van der Waals surface area (Å²) < 4.78 is 5.04. The lowest BCUT2D eigenvalue weighted by Gasteiger charge is -2.17. The van der Waals surface area contributed by atoms with Crippen LogP contribution >= 0.6 is 0 Å². The molecule has 0 spiro atoms. The monoisotopic (exact) mass is 331 g/mol. The number of nitrogens with one attached hydrogen (secondary N) is 3. The van der Waals surface area contributed by atoms with Gasteiger partial charge in [0.1, 0.15) is 6.04 Å². The largest absolute Gasteiger partial charge is 0.464 e. The number of amides is 2. The number of H-pyrrole nitrogens is 1. The highest BCUT2D eigenvalue weighted by atomic mass is 16.5. The van der Waals surface area contributed by atoms with E-state index in [2.05, 4.69) is 15.6 Å². The van der Waals surface area contributed by atoms with Crippen molar-refractivity contribution in [3.8, 4) is 0 Å². The molecule has 1 atom stereocenters. The molecule has 1 aromatic carbocycles. The number of fused-ring (bicyclic) bond motifs is 1. The predicted molar refractivity (Wildman–Crippen MR) is 89.3 cm³/mol. The topological polar surface area (TPSA) is 100 Å². The van der Waals surface area contributed by atoms with E-state index in [4.69, 9.17) is 4.74 Å². The van der Waals surface area contributed by atoms with Crippen LogP contribution in [0.2, 0.25) is 0 Å². The summed E-state index contributed by atoms with van der Waals surface area (Å²) in [6.45, 7) is 3.08. The summed E-state index contributed by atoms with van der Waals surface area (Å²) in [7, 11) is 0. The quantitative estimate of drug-likeness (QED) is 0.656. The van der Waals surface area contributed by atoms with E-state index in [9.17, 15) is 14.4 Å². The number of ether oxygens (including phenoxy) is 1. The lowest BCUT2D eigenvalue weighted by atomic mass is 10.0. The van der Waals surface area contributed by atoms with Crippen LogP contribution in [0.5, 0.6) is 0 Å². The lowest BCUT2D eigenvalue weighted by Crippen LogP contribution is -2.47. The molecule has 128 valence electrons. The van der Waals surface area contributed by atoms with Crippen molar-refractivity contribution in [2.24, 2.45) is 0 Å². The summed E-state index contributed by atoms with van der Waals surface area (Å²) in [5.41, 5.74) is 1.86. The molecule has 0 fully saturated rings. The Labute approximate surface area is 139 Å². The van der Waals surface area contributed by atoms with Crippen LogP contribution in [0.4, 0.5) is 0 Å². The zero-order valence-electron chi connectivity index (χ0n) is 13.7. The number of aromatic amines is 1. The van der Waals surface area contributed by atoms with Crippen molar-refractivity contribution in [3.05, 3.63) is 36.0 Å². The second-order valence-electron chi connectivity index (χ2n) is 5.35. The molecule has 0 saturated heterocycles. The Hall–Kier alpha value is -2.83. The van der Waals surface area contributed by atoms with Crippen LogP contribution in [-0.4, -0.2) is 42.0 Å². The molecule has 2 amide bonds. The van der Waals surface area contributed by atoms with E-state index < -0.39 is 17.9 Å². The Balaban J connectivity index is 2.12. The van der Waals surface area contributed by atoms with E-state index in [0.29, 0.717) is 6.42 Å². The highest BCUT2D eigenvalue weighted by Gasteiger charge is 2.23. The third-order valence-electron chi connectivity index (χ3n) is 3.50. The summed E-state index contributed by atoms with van der Waals surface area (Å²) in [5.74, 6) is -1.25. The minimum absolute atomic E-state index is 0.181. The minimum atomic E-state index is -0.814. The molecule has 24 heavy (non-hydrogen) atoms. The molecule has 0 radical (unpaired) electrons. The third kappa shape index (κ3) is 4.58. The van der Waals surface area contributed by atoms with Crippen LogP contribution in [0.1, 0.15) is 19.4 Å². The molecule has 0 aliphatic rings. The molecule has 0 unspecified atom stereocenters. The van der Waals surface area contributed by atoms with E-state index in [1.54, 1.807) is 6.92 Å². The molecule has 2 rings (SSSR count). The van der Waals surface area contributed by atoms with Crippen LogP contribution in [0.15, 0.2) is 30.5 Å². The van der Waals surface area contributed by atoms with Crippen molar-refractivity contribution in [2.75, 3.05) is 13.2 Å². The average Bonchev–Trinajstić information content (AvgIpc) is 2.96. The maximum absolute atomic E-state index is 12.1. The number of para-hydroxylation sites is 1. The standard InChI is InChI=1S/C17H21N3O4/c1-3-24-17(23)15(20-16(22)10-18-11(2)21)8-12-9-19-14-7-5-4-6-13(12)14/h4-7,9,15,19H,3,8,10H2,1-2H3,(H,18,21)(H,20,22)/t15-/m1/s1. The fourth-order valence-corrected chi connectivity index (χ4v) is 2.41. The second kappa shape index (κ2) is 8.14. The van der Waals surface area contributed by atoms with Crippen molar-refractivity contribution in [1.29, 1.82) is 0 Å². The number of rotatable bonds is 7. The van der Waals surface area contributed by atoms with Crippen LogP contribution < -0.4 is 10.6 Å². The Morgan fingerprint density at radius 3 is 2.71 bits per heavy atom. The van der Waals surface area contributed by atoms with Gasteiger partial charge in [0.25, 0.3) is 0 Å². The molecule has 0 bridgehead atoms. The highest BCUT2D eigenvalue weighted by Crippen LogP contribution is 2.19. The lowest BCUT2D eigenvalue weighted by molar-refractivity contribution is -0.147. The SMILES string of the molecule is CCOC(=O)[C@@H](Cc1c[nH]c2ccccc12)NC(=O)CNC(C)=O. The summed E-state index contributed by atoms with van der Waals surface area (Å²) in [6, 6.07) is 6.90. The van der Waals surface area contributed by atoms with E-state index in [-0.39, 0.29) is 19.1 Å².